The summed E-state index contributed by atoms with van der Waals surface area (Å²) in [5.74, 6) is -4.89. The summed E-state index contributed by atoms with van der Waals surface area (Å²) in [6.07, 6.45) is 0. The SMILES string of the molecule is O=C(Nc1ccc(F)c(F)c1F)c1ccc2c(c1)CNC2. The van der Waals surface area contributed by atoms with Crippen molar-refractivity contribution in [3.8, 4) is 0 Å². The van der Waals surface area contributed by atoms with Crippen LogP contribution in [0.25, 0.3) is 0 Å². The molecular formula is C15H11F3N2O. The molecule has 1 heterocycles. The smallest absolute Gasteiger partial charge is 0.255 e. The molecule has 3 nitrogen and oxygen atoms in total. The zero-order chi connectivity index (χ0) is 15.0. The van der Waals surface area contributed by atoms with Crippen LogP contribution in [-0.4, -0.2) is 5.91 Å². The van der Waals surface area contributed by atoms with Crippen molar-refractivity contribution >= 4 is 11.6 Å². The maximum absolute atomic E-state index is 13.5. The predicted molar refractivity (Wildman–Crippen MR) is 71.3 cm³/mol. The van der Waals surface area contributed by atoms with Crippen LogP contribution in [0, 0.1) is 17.5 Å². The highest BCUT2D eigenvalue weighted by molar-refractivity contribution is 6.04. The Bertz CT molecular complexity index is 731. The fourth-order valence-corrected chi connectivity index (χ4v) is 2.25. The molecule has 0 saturated heterocycles. The number of anilines is 1. The molecule has 6 heteroatoms. The van der Waals surface area contributed by atoms with Gasteiger partial charge in [-0.3, -0.25) is 4.79 Å². The lowest BCUT2D eigenvalue weighted by Gasteiger charge is -2.08. The second-order valence-corrected chi connectivity index (χ2v) is 4.76. The number of nitrogens with one attached hydrogen (secondary N) is 2. The Labute approximate surface area is 118 Å². The highest BCUT2D eigenvalue weighted by Crippen LogP contribution is 2.21. The van der Waals surface area contributed by atoms with E-state index in [0.29, 0.717) is 12.1 Å². The van der Waals surface area contributed by atoms with Crippen LogP contribution in [0.3, 0.4) is 0 Å². The fourth-order valence-electron chi connectivity index (χ4n) is 2.25. The molecule has 0 aliphatic carbocycles. The molecule has 1 aliphatic heterocycles. The third-order valence-corrected chi connectivity index (χ3v) is 3.38. The first-order valence-electron chi connectivity index (χ1n) is 6.33. The van der Waals surface area contributed by atoms with Crippen molar-refractivity contribution in [3.63, 3.8) is 0 Å². The van der Waals surface area contributed by atoms with Crippen molar-refractivity contribution < 1.29 is 18.0 Å². The number of hydrogen-bond acceptors (Lipinski definition) is 2. The maximum Gasteiger partial charge on any atom is 0.255 e. The van der Waals surface area contributed by atoms with E-state index in [0.717, 1.165) is 29.8 Å². The van der Waals surface area contributed by atoms with Gasteiger partial charge in [0.2, 0.25) is 0 Å². The van der Waals surface area contributed by atoms with Gasteiger partial charge in [-0.2, -0.15) is 0 Å². The van der Waals surface area contributed by atoms with E-state index < -0.39 is 29.0 Å². The van der Waals surface area contributed by atoms with Crippen molar-refractivity contribution in [1.29, 1.82) is 0 Å². The van der Waals surface area contributed by atoms with E-state index in [1.807, 2.05) is 6.07 Å². The third-order valence-electron chi connectivity index (χ3n) is 3.38. The van der Waals surface area contributed by atoms with Crippen LogP contribution in [0.15, 0.2) is 30.3 Å². The molecule has 3 rings (SSSR count). The molecule has 21 heavy (non-hydrogen) atoms. The van der Waals surface area contributed by atoms with Gasteiger partial charge in [0.05, 0.1) is 5.69 Å². The van der Waals surface area contributed by atoms with Crippen LogP contribution in [-0.2, 0) is 13.1 Å². The Kier molecular flexibility index (Phi) is 3.39. The number of amides is 1. The maximum atomic E-state index is 13.5. The number of fused-ring (bicyclic) bond motifs is 1. The molecule has 1 amide bonds. The minimum absolute atomic E-state index is 0.335. The van der Waals surface area contributed by atoms with Gasteiger partial charge in [0.15, 0.2) is 17.5 Å². The van der Waals surface area contributed by atoms with Gasteiger partial charge in [-0.25, -0.2) is 13.2 Å². The lowest BCUT2D eigenvalue weighted by Crippen LogP contribution is -2.14. The van der Waals surface area contributed by atoms with Crippen LogP contribution in [0.5, 0.6) is 0 Å². The molecule has 0 fully saturated rings. The second kappa shape index (κ2) is 5.21. The monoisotopic (exact) mass is 292 g/mol. The van der Waals surface area contributed by atoms with Gasteiger partial charge in [0, 0.05) is 18.7 Å². The van der Waals surface area contributed by atoms with E-state index in [-0.39, 0.29) is 0 Å². The third kappa shape index (κ3) is 2.50. The Morgan fingerprint density at radius 2 is 1.76 bits per heavy atom. The first-order valence-corrected chi connectivity index (χ1v) is 6.33. The number of halogens is 3. The molecule has 0 bridgehead atoms. The molecule has 0 radical (unpaired) electrons. The normalized spacial score (nSPS) is 13.1. The minimum atomic E-state index is -1.61. The molecule has 0 spiro atoms. The van der Waals surface area contributed by atoms with Crippen LogP contribution in [0.4, 0.5) is 18.9 Å². The van der Waals surface area contributed by atoms with Gasteiger partial charge in [-0.15, -0.1) is 0 Å². The number of rotatable bonds is 2. The van der Waals surface area contributed by atoms with Crippen LogP contribution in [0.2, 0.25) is 0 Å². The highest BCUT2D eigenvalue weighted by atomic mass is 19.2. The van der Waals surface area contributed by atoms with Crippen molar-refractivity contribution in [1.82, 2.24) is 5.32 Å². The number of hydrogen-bond donors (Lipinski definition) is 2. The van der Waals surface area contributed by atoms with Gasteiger partial charge < -0.3 is 10.6 Å². The van der Waals surface area contributed by atoms with Gasteiger partial charge in [0.1, 0.15) is 0 Å². The van der Waals surface area contributed by atoms with E-state index in [9.17, 15) is 18.0 Å². The van der Waals surface area contributed by atoms with E-state index in [4.69, 9.17) is 0 Å². The largest absolute Gasteiger partial charge is 0.319 e. The average Bonchev–Trinajstić information content (AvgIpc) is 2.95. The molecule has 1 aliphatic rings. The Morgan fingerprint density at radius 1 is 1.00 bits per heavy atom. The quantitative estimate of drug-likeness (QED) is 0.836. The Balaban J connectivity index is 1.85. The lowest BCUT2D eigenvalue weighted by molar-refractivity contribution is 0.102. The summed E-state index contributed by atoms with van der Waals surface area (Å²) < 4.78 is 39.5. The van der Waals surface area contributed by atoms with Crippen molar-refractivity contribution in [2.24, 2.45) is 0 Å². The van der Waals surface area contributed by atoms with Crippen molar-refractivity contribution in [2.75, 3.05) is 5.32 Å². The highest BCUT2D eigenvalue weighted by Gasteiger charge is 2.17. The topological polar surface area (TPSA) is 41.1 Å². The van der Waals surface area contributed by atoms with Crippen molar-refractivity contribution in [2.45, 2.75) is 13.1 Å². The summed E-state index contributed by atoms with van der Waals surface area (Å²) in [7, 11) is 0. The predicted octanol–water partition coefficient (Wildman–Crippen LogP) is 2.96. The molecule has 0 aromatic heterocycles. The first kappa shape index (κ1) is 13.6. The molecule has 108 valence electrons. The lowest BCUT2D eigenvalue weighted by atomic mass is 10.1. The van der Waals surface area contributed by atoms with Gasteiger partial charge in [-0.1, -0.05) is 6.07 Å². The van der Waals surface area contributed by atoms with Crippen molar-refractivity contribution in [3.05, 3.63) is 64.5 Å². The van der Waals surface area contributed by atoms with E-state index in [1.165, 1.54) is 0 Å². The molecule has 0 saturated carbocycles. The molecule has 0 atom stereocenters. The molecular weight excluding hydrogens is 281 g/mol. The van der Waals surface area contributed by atoms with E-state index >= 15 is 0 Å². The summed E-state index contributed by atoms with van der Waals surface area (Å²) in [5, 5.41) is 5.39. The Morgan fingerprint density at radius 3 is 2.57 bits per heavy atom. The van der Waals surface area contributed by atoms with Gasteiger partial charge in [0.25, 0.3) is 5.91 Å². The van der Waals surface area contributed by atoms with E-state index in [2.05, 4.69) is 10.6 Å². The van der Waals surface area contributed by atoms with Gasteiger partial charge >= 0.3 is 0 Å². The number of benzene rings is 2. The minimum Gasteiger partial charge on any atom is -0.319 e. The van der Waals surface area contributed by atoms with Crippen LogP contribution >= 0.6 is 0 Å². The first-order chi connectivity index (χ1) is 10.1. The zero-order valence-corrected chi connectivity index (χ0v) is 10.8. The standard InChI is InChI=1S/C15H11F3N2O/c16-11-3-4-12(14(18)13(11)17)20-15(21)8-1-2-9-6-19-7-10(9)5-8/h1-5,19H,6-7H2,(H,20,21). The van der Waals surface area contributed by atoms with Gasteiger partial charge in [-0.05, 0) is 35.4 Å². The summed E-state index contributed by atoms with van der Waals surface area (Å²) in [6.45, 7) is 1.41. The molecule has 0 unspecified atom stereocenters. The second-order valence-electron chi connectivity index (χ2n) is 4.76. The summed E-state index contributed by atoms with van der Waals surface area (Å²) >= 11 is 0. The molecule has 2 aromatic carbocycles. The van der Waals surface area contributed by atoms with E-state index in [1.54, 1.807) is 12.1 Å². The average molecular weight is 292 g/mol. The number of carbonyl (C=O) groups is 1. The fraction of sp³-hybridized carbons (Fsp3) is 0.133. The zero-order valence-electron chi connectivity index (χ0n) is 10.8. The Hall–Kier alpha value is -2.34. The number of carbonyl (C=O) groups excluding carboxylic acids is 1. The van der Waals surface area contributed by atoms with Crippen LogP contribution < -0.4 is 10.6 Å². The molecule has 2 aromatic rings. The summed E-state index contributed by atoms with van der Waals surface area (Å²) in [6, 6.07) is 6.87. The summed E-state index contributed by atoms with van der Waals surface area (Å²) in [4.78, 5) is 12.0. The molecule has 2 N–H and O–H groups in total. The van der Waals surface area contributed by atoms with Crippen LogP contribution in [0.1, 0.15) is 21.5 Å². The summed E-state index contributed by atoms with van der Waals surface area (Å²) in [5.41, 5.74) is 2.04.